The van der Waals surface area contributed by atoms with E-state index in [2.05, 4.69) is 58.1 Å². The van der Waals surface area contributed by atoms with Crippen molar-refractivity contribution in [2.75, 3.05) is 5.75 Å². The fraction of sp³-hybridized carbons (Fsp3) is 0.270. The third kappa shape index (κ3) is 8.46. The van der Waals surface area contributed by atoms with Crippen molar-refractivity contribution >= 4 is 29.1 Å². The fourth-order valence-corrected chi connectivity index (χ4v) is 7.60. The Labute approximate surface area is 283 Å². The number of hydrogen-bond acceptors (Lipinski definition) is 8. The van der Waals surface area contributed by atoms with Crippen LogP contribution in [0.15, 0.2) is 107 Å². The summed E-state index contributed by atoms with van der Waals surface area (Å²) in [5.41, 5.74) is 6.99. The van der Waals surface area contributed by atoms with Gasteiger partial charge in [0.05, 0.1) is 18.8 Å². The lowest BCUT2D eigenvalue weighted by Crippen LogP contribution is -2.38. The van der Waals surface area contributed by atoms with Crippen LogP contribution >= 0.6 is 23.1 Å². The van der Waals surface area contributed by atoms with Crippen LogP contribution in [0.1, 0.15) is 52.1 Å². The third-order valence-corrected chi connectivity index (χ3v) is 10.3. The van der Waals surface area contributed by atoms with Gasteiger partial charge in [0.25, 0.3) is 0 Å². The van der Waals surface area contributed by atoms with Crippen LogP contribution in [0.2, 0.25) is 0 Å². The maximum atomic E-state index is 12.5. The summed E-state index contributed by atoms with van der Waals surface area (Å²) in [6.45, 7) is 4.99. The summed E-state index contributed by atoms with van der Waals surface area (Å²) in [5, 5.41) is 24.9. The highest BCUT2D eigenvalue weighted by Gasteiger charge is 2.38. The Morgan fingerprint density at radius 3 is 2.26 bits per heavy atom. The van der Waals surface area contributed by atoms with E-state index in [-0.39, 0.29) is 30.8 Å². The van der Waals surface area contributed by atoms with Crippen LogP contribution < -0.4 is 10.6 Å². The topological polar surface area (TPSA) is 106 Å². The Morgan fingerprint density at radius 1 is 0.830 bits per heavy atom. The van der Waals surface area contributed by atoms with Gasteiger partial charge in [0.1, 0.15) is 5.01 Å². The molecule has 4 aromatic carbocycles. The number of rotatable bonds is 11. The van der Waals surface area contributed by atoms with Crippen molar-refractivity contribution in [3.8, 4) is 11.1 Å². The molecule has 3 N–H and O–H groups in total. The number of nitrogens with one attached hydrogen (secondary N) is 2. The van der Waals surface area contributed by atoms with E-state index >= 15 is 0 Å². The summed E-state index contributed by atoms with van der Waals surface area (Å²) in [6.07, 6.45) is -0.845. The van der Waals surface area contributed by atoms with Crippen molar-refractivity contribution in [3.63, 3.8) is 0 Å². The second-order valence-electron chi connectivity index (χ2n) is 11.5. The molecule has 0 unspecified atom stereocenters. The van der Waals surface area contributed by atoms with Gasteiger partial charge in [-0.3, -0.25) is 0 Å². The van der Waals surface area contributed by atoms with Crippen molar-refractivity contribution in [2.45, 2.75) is 56.4 Å². The van der Waals surface area contributed by atoms with Gasteiger partial charge in [-0.05, 0) is 40.3 Å². The summed E-state index contributed by atoms with van der Waals surface area (Å²) in [4.78, 5) is 12.5. The number of urea groups is 1. The highest BCUT2D eigenvalue weighted by atomic mass is 32.2. The van der Waals surface area contributed by atoms with Crippen LogP contribution in [0.4, 0.5) is 4.79 Å². The smallest absolute Gasteiger partial charge is 0.315 e. The minimum atomic E-state index is -0.560. The van der Waals surface area contributed by atoms with Crippen LogP contribution in [-0.2, 0) is 29.2 Å². The minimum absolute atomic E-state index is 0.000615. The van der Waals surface area contributed by atoms with Crippen LogP contribution in [0.3, 0.4) is 0 Å². The predicted molar refractivity (Wildman–Crippen MR) is 186 cm³/mol. The summed E-state index contributed by atoms with van der Waals surface area (Å²) in [7, 11) is 0. The number of aromatic nitrogens is 2. The summed E-state index contributed by atoms with van der Waals surface area (Å²) in [5.74, 6) is 0.800. The number of nitrogens with zero attached hydrogens (tertiary/aromatic N) is 2. The fourth-order valence-electron chi connectivity index (χ4n) is 5.59. The molecule has 2 amide bonds. The van der Waals surface area contributed by atoms with Crippen molar-refractivity contribution in [3.05, 3.63) is 136 Å². The first-order chi connectivity index (χ1) is 23.0. The molecular weight excluding hydrogens is 629 g/mol. The van der Waals surface area contributed by atoms with Gasteiger partial charge >= 0.3 is 6.03 Å². The number of hydrogen-bond donors (Lipinski definition) is 3. The van der Waals surface area contributed by atoms with E-state index in [1.165, 1.54) is 0 Å². The van der Waals surface area contributed by atoms with Crippen molar-refractivity contribution < 1.29 is 19.4 Å². The first-order valence-electron chi connectivity index (χ1n) is 15.6. The van der Waals surface area contributed by atoms with Gasteiger partial charge in [0.2, 0.25) is 0 Å². The van der Waals surface area contributed by atoms with Crippen LogP contribution in [0.5, 0.6) is 0 Å². The Morgan fingerprint density at radius 2 is 1.53 bits per heavy atom. The number of carbonyl (C=O) groups excluding carboxylic acids is 1. The standard InChI is InChI=1S/C37H38N4O4S2/c1-24-33(23-46-37-41-40-25(2)47-37)44-35(45-34(24)29-14-12-27(22-42)13-15-29)30-18-16-28(17-19-30)32-11-7-6-10-31(32)21-39-36(43)38-20-26-8-4-3-5-9-26/h3-19,24,33-35,42H,20-23H2,1-2H3,(H2,38,39,43)/t24-,33+,34+,35+/m1/s1. The number of benzene rings is 4. The lowest BCUT2D eigenvalue weighted by Gasteiger charge is -2.41. The van der Waals surface area contributed by atoms with Crippen molar-refractivity contribution in [1.29, 1.82) is 0 Å². The number of carbonyl (C=O) groups is 1. The van der Waals surface area contributed by atoms with E-state index < -0.39 is 6.29 Å². The predicted octanol–water partition coefficient (Wildman–Crippen LogP) is 7.59. The van der Waals surface area contributed by atoms with E-state index in [1.807, 2.05) is 79.7 Å². The first kappa shape index (κ1) is 32.9. The highest BCUT2D eigenvalue weighted by molar-refractivity contribution is 8.01. The summed E-state index contributed by atoms with van der Waals surface area (Å²) < 4.78 is 14.2. The molecule has 1 aliphatic heterocycles. The quantitative estimate of drug-likeness (QED) is 0.125. The molecule has 0 spiro atoms. The second-order valence-corrected chi connectivity index (χ2v) is 14.0. The van der Waals surface area contributed by atoms with E-state index in [1.54, 1.807) is 23.1 Å². The average molecular weight is 667 g/mol. The summed E-state index contributed by atoms with van der Waals surface area (Å²) in [6, 6.07) is 33.9. The largest absolute Gasteiger partial charge is 0.392 e. The van der Waals surface area contributed by atoms with Crippen molar-refractivity contribution in [1.82, 2.24) is 20.8 Å². The van der Waals surface area contributed by atoms with Gasteiger partial charge in [-0.1, -0.05) is 133 Å². The van der Waals surface area contributed by atoms with Crippen LogP contribution in [0.25, 0.3) is 11.1 Å². The van der Waals surface area contributed by atoms with Crippen molar-refractivity contribution in [2.24, 2.45) is 5.92 Å². The van der Waals surface area contributed by atoms with E-state index in [0.29, 0.717) is 13.1 Å². The SMILES string of the molecule is Cc1nnc(SC[C@@H]2O[C@H](c3ccc(-c4ccccc4CNC(=O)NCc4ccccc4)cc3)O[C@H](c3ccc(CO)cc3)[C@@H]2C)s1. The maximum Gasteiger partial charge on any atom is 0.315 e. The van der Waals surface area contributed by atoms with Crippen LogP contribution in [-0.4, -0.2) is 33.2 Å². The Balaban J connectivity index is 1.16. The van der Waals surface area contributed by atoms with E-state index in [4.69, 9.17) is 9.47 Å². The van der Waals surface area contributed by atoms with Gasteiger partial charge in [-0.25, -0.2) is 4.79 Å². The normalized spacial score (nSPS) is 19.3. The van der Waals surface area contributed by atoms with Crippen LogP contribution in [0, 0.1) is 12.8 Å². The third-order valence-electron chi connectivity index (χ3n) is 8.25. The number of aliphatic hydroxyl groups excluding tert-OH is 1. The van der Waals surface area contributed by atoms with Gasteiger partial charge in [-0.2, -0.15) is 0 Å². The molecule has 4 atom stereocenters. The molecule has 2 heterocycles. The lowest BCUT2D eigenvalue weighted by atomic mass is 9.91. The molecule has 6 rings (SSSR count). The molecule has 1 aromatic heterocycles. The van der Waals surface area contributed by atoms with Gasteiger partial charge in [0, 0.05) is 30.3 Å². The molecule has 0 saturated carbocycles. The second kappa shape index (κ2) is 15.7. The maximum absolute atomic E-state index is 12.5. The number of aliphatic hydroxyl groups is 1. The van der Waals surface area contributed by atoms with Gasteiger partial charge < -0.3 is 25.2 Å². The molecule has 5 aromatic rings. The minimum Gasteiger partial charge on any atom is -0.392 e. The molecule has 0 radical (unpaired) electrons. The first-order valence-corrected chi connectivity index (χ1v) is 17.4. The number of ether oxygens (including phenoxy) is 2. The zero-order chi connectivity index (χ0) is 32.6. The Bertz CT molecular complexity index is 1750. The molecule has 10 heteroatoms. The highest BCUT2D eigenvalue weighted by Crippen LogP contribution is 2.43. The molecule has 8 nitrogen and oxygen atoms in total. The molecule has 1 saturated heterocycles. The van der Waals surface area contributed by atoms with Gasteiger partial charge in [-0.15, -0.1) is 10.2 Å². The zero-order valence-electron chi connectivity index (χ0n) is 26.3. The molecule has 1 fully saturated rings. The number of thioether (sulfide) groups is 1. The average Bonchev–Trinajstić information content (AvgIpc) is 3.54. The van der Waals surface area contributed by atoms with E-state index in [0.717, 1.165) is 54.0 Å². The number of amides is 2. The zero-order valence-corrected chi connectivity index (χ0v) is 28.0. The monoisotopic (exact) mass is 666 g/mol. The molecule has 1 aliphatic rings. The lowest BCUT2D eigenvalue weighted by molar-refractivity contribution is -0.268. The summed E-state index contributed by atoms with van der Waals surface area (Å²) >= 11 is 3.25. The molecule has 242 valence electrons. The Kier molecular flexibility index (Phi) is 11.0. The molecule has 47 heavy (non-hydrogen) atoms. The Hall–Kier alpha value is -4.06. The molecule has 0 aliphatic carbocycles. The molecule has 0 bridgehead atoms. The number of aryl methyl sites for hydroxylation is 1. The van der Waals surface area contributed by atoms with Gasteiger partial charge in [0.15, 0.2) is 10.6 Å². The molecular formula is C37H38N4O4S2. The van der Waals surface area contributed by atoms with E-state index in [9.17, 15) is 9.90 Å².